The van der Waals surface area contributed by atoms with Crippen LogP contribution in [0.15, 0.2) is 24.3 Å². The Bertz CT molecular complexity index is 400. The molecule has 1 aliphatic heterocycles. The lowest BCUT2D eigenvalue weighted by Crippen LogP contribution is -2.43. The lowest BCUT2D eigenvalue weighted by atomic mass is 9.97. The number of likely N-dealkylation sites (tertiary alicyclic amines) is 1. The number of hydrogen-bond donors (Lipinski definition) is 1. The van der Waals surface area contributed by atoms with Crippen LogP contribution in [0.25, 0.3) is 0 Å². The predicted octanol–water partition coefficient (Wildman–Crippen LogP) is 2.96. The number of hydrogen-bond acceptors (Lipinski definition) is 3. The highest BCUT2D eigenvalue weighted by Crippen LogP contribution is 2.36. The lowest BCUT2D eigenvalue weighted by Gasteiger charge is -2.38. The first-order chi connectivity index (χ1) is 9.08. The molecule has 0 aliphatic carbocycles. The zero-order chi connectivity index (χ0) is 13.9. The Balaban J connectivity index is 2.17. The number of nitrogens with zero attached hydrogens (tertiary/aromatic N) is 1. The fourth-order valence-electron chi connectivity index (χ4n) is 3.10. The maximum atomic E-state index is 6.03. The number of ether oxygens (including phenoxy) is 1. The minimum absolute atomic E-state index is 0.253. The summed E-state index contributed by atoms with van der Waals surface area (Å²) in [4.78, 5) is 2.54. The second kappa shape index (κ2) is 5.93. The van der Waals surface area contributed by atoms with Gasteiger partial charge in [-0.3, -0.25) is 4.90 Å². The van der Waals surface area contributed by atoms with E-state index in [9.17, 15) is 0 Å². The van der Waals surface area contributed by atoms with Gasteiger partial charge in [-0.2, -0.15) is 0 Å². The van der Waals surface area contributed by atoms with E-state index in [1.54, 1.807) is 0 Å². The highest BCUT2D eigenvalue weighted by atomic mass is 16.5. The summed E-state index contributed by atoms with van der Waals surface area (Å²) in [5.74, 6) is 0.933. The zero-order valence-electron chi connectivity index (χ0n) is 12.4. The number of nitrogens with two attached hydrogens (primary N) is 1. The van der Waals surface area contributed by atoms with Crippen LogP contribution in [0.1, 0.15) is 45.2 Å². The fraction of sp³-hybridized carbons (Fsp3) is 0.625. The van der Waals surface area contributed by atoms with Crippen molar-refractivity contribution in [1.82, 2.24) is 4.90 Å². The molecule has 3 heteroatoms. The number of rotatable bonds is 5. The molecule has 106 valence electrons. The third-order valence-corrected chi connectivity index (χ3v) is 4.14. The maximum absolute atomic E-state index is 6.03. The molecule has 1 heterocycles. The van der Waals surface area contributed by atoms with E-state index < -0.39 is 0 Å². The second-order valence-electron chi connectivity index (χ2n) is 5.86. The van der Waals surface area contributed by atoms with E-state index in [1.165, 1.54) is 18.4 Å². The quantitative estimate of drug-likeness (QED) is 0.886. The Kier molecular flexibility index (Phi) is 4.48. The zero-order valence-corrected chi connectivity index (χ0v) is 12.4. The van der Waals surface area contributed by atoms with Crippen molar-refractivity contribution in [2.75, 3.05) is 19.7 Å². The van der Waals surface area contributed by atoms with Crippen LogP contribution in [0, 0.1) is 0 Å². The minimum Gasteiger partial charge on any atom is -0.494 e. The molecule has 1 aromatic carbocycles. The van der Waals surface area contributed by atoms with E-state index in [0.29, 0.717) is 19.2 Å². The van der Waals surface area contributed by atoms with Crippen LogP contribution in [0.5, 0.6) is 5.75 Å². The molecule has 1 aromatic rings. The molecule has 0 amide bonds. The van der Waals surface area contributed by atoms with Gasteiger partial charge in [-0.1, -0.05) is 12.1 Å². The second-order valence-corrected chi connectivity index (χ2v) is 5.86. The van der Waals surface area contributed by atoms with Gasteiger partial charge in [0.15, 0.2) is 0 Å². The van der Waals surface area contributed by atoms with Crippen molar-refractivity contribution in [3.63, 3.8) is 0 Å². The van der Waals surface area contributed by atoms with E-state index in [0.717, 1.165) is 12.3 Å². The summed E-state index contributed by atoms with van der Waals surface area (Å²) in [6.45, 7) is 9.15. The third-order valence-electron chi connectivity index (χ3n) is 4.14. The van der Waals surface area contributed by atoms with Crippen LogP contribution in [-0.4, -0.2) is 30.1 Å². The Morgan fingerprint density at radius 1 is 1.32 bits per heavy atom. The lowest BCUT2D eigenvalue weighted by molar-refractivity contribution is 0.119. The summed E-state index contributed by atoms with van der Waals surface area (Å²) in [5, 5.41) is 0. The van der Waals surface area contributed by atoms with Crippen LogP contribution in [0.3, 0.4) is 0 Å². The third kappa shape index (κ3) is 3.10. The van der Waals surface area contributed by atoms with Gasteiger partial charge in [0.25, 0.3) is 0 Å². The van der Waals surface area contributed by atoms with E-state index in [4.69, 9.17) is 10.5 Å². The SMILES string of the molecule is CCOc1ccc(C(CN)N2CCCC2(C)C)cc1. The van der Waals surface area contributed by atoms with Crippen LogP contribution < -0.4 is 10.5 Å². The first-order valence-corrected chi connectivity index (χ1v) is 7.28. The van der Waals surface area contributed by atoms with E-state index in [-0.39, 0.29) is 5.54 Å². The van der Waals surface area contributed by atoms with Gasteiger partial charge in [0, 0.05) is 18.1 Å². The maximum Gasteiger partial charge on any atom is 0.119 e. The molecule has 0 bridgehead atoms. The number of benzene rings is 1. The van der Waals surface area contributed by atoms with Crippen LogP contribution in [0.2, 0.25) is 0 Å². The summed E-state index contributed by atoms with van der Waals surface area (Å²) in [6.07, 6.45) is 2.51. The monoisotopic (exact) mass is 262 g/mol. The molecule has 1 aliphatic rings. The summed E-state index contributed by atoms with van der Waals surface area (Å²) in [6, 6.07) is 8.70. The average molecular weight is 262 g/mol. The van der Waals surface area contributed by atoms with Crippen molar-refractivity contribution < 1.29 is 4.74 Å². The standard InChI is InChI=1S/C16H26N2O/c1-4-19-14-8-6-13(7-9-14)15(12-17)18-11-5-10-16(18,2)3/h6-9,15H,4-5,10-12,17H2,1-3H3. The molecule has 1 atom stereocenters. The first-order valence-electron chi connectivity index (χ1n) is 7.28. The largest absolute Gasteiger partial charge is 0.494 e. The Hall–Kier alpha value is -1.06. The smallest absolute Gasteiger partial charge is 0.119 e. The molecule has 1 fully saturated rings. The molecule has 0 aromatic heterocycles. The summed E-state index contributed by atoms with van der Waals surface area (Å²) >= 11 is 0. The summed E-state index contributed by atoms with van der Waals surface area (Å²) in [7, 11) is 0. The Labute approximate surface area is 116 Å². The normalized spacial score (nSPS) is 20.4. The minimum atomic E-state index is 0.253. The van der Waals surface area contributed by atoms with Crippen molar-refractivity contribution in [3.05, 3.63) is 29.8 Å². The van der Waals surface area contributed by atoms with E-state index >= 15 is 0 Å². The van der Waals surface area contributed by atoms with Gasteiger partial charge in [-0.15, -0.1) is 0 Å². The summed E-state index contributed by atoms with van der Waals surface area (Å²) < 4.78 is 5.50. The molecule has 0 spiro atoms. The molecule has 2 rings (SSSR count). The van der Waals surface area contributed by atoms with Crippen molar-refractivity contribution in [1.29, 1.82) is 0 Å². The van der Waals surface area contributed by atoms with Crippen LogP contribution >= 0.6 is 0 Å². The highest BCUT2D eigenvalue weighted by molar-refractivity contribution is 5.30. The Morgan fingerprint density at radius 2 is 2.00 bits per heavy atom. The molecule has 2 N–H and O–H groups in total. The molecule has 3 nitrogen and oxygen atoms in total. The van der Waals surface area contributed by atoms with Crippen molar-refractivity contribution in [2.24, 2.45) is 5.73 Å². The Morgan fingerprint density at radius 3 is 2.47 bits per heavy atom. The van der Waals surface area contributed by atoms with Crippen molar-refractivity contribution in [2.45, 2.75) is 45.2 Å². The highest BCUT2D eigenvalue weighted by Gasteiger charge is 2.36. The molecule has 0 radical (unpaired) electrons. The van der Waals surface area contributed by atoms with Crippen molar-refractivity contribution >= 4 is 0 Å². The molecular weight excluding hydrogens is 236 g/mol. The first kappa shape index (κ1) is 14.4. The average Bonchev–Trinajstić information content (AvgIpc) is 2.73. The van der Waals surface area contributed by atoms with Gasteiger partial charge >= 0.3 is 0 Å². The van der Waals surface area contributed by atoms with Crippen LogP contribution in [0.4, 0.5) is 0 Å². The van der Waals surface area contributed by atoms with E-state index in [1.807, 2.05) is 19.1 Å². The van der Waals surface area contributed by atoms with Gasteiger partial charge in [-0.05, 0) is 57.9 Å². The van der Waals surface area contributed by atoms with E-state index in [2.05, 4.69) is 30.9 Å². The van der Waals surface area contributed by atoms with Gasteiger partial charge in [0.05, 0.1) is 6.61 Å². The molecular formula is C16H26N2O. The van der Waals surface area contributed by atoms with Crippen LogP contribution in [-0.2, 0) is 0 Å². The molecule has 0 saturated carbocycles. The topological polar surface area (TPSA) is 38.5 Å². The van der Waals surface area contributed by atoms with Gasteiger partial charge < -0.3 is 10.5 Å². The van der Waals surface area contributed by atoms with Gasteiger partial charge in [0.2, 0.25) is 0 Å². The molecule has 1 saturated heterocycles. The van der Waals surface area contributed by atoms with Gasteiger partial charge in [0.1, 0.15) is 5.75 Å². The predicted molar refractivity (Wildman–Crippen MR) is 79.4 cm³/mol. The molecule has 1 unspecified atom stereocenters. The fourth-order valence-corrected chi connectivity index (χ4v) is 3.10. The summed E-state index contributed by atoms with van der Waals surface area (Å²) in [5.41, 5.74) is 7.57. The van der Waals surface area contributed by atoms with Crippen molar-refractivity contribution in [3.8, 4) is 5.75 Å². The van der Waals surface area contributed by atoms with Gasteiger partial charge in [-0.25, -0.2) is 0 Å². The molecule has 19 heavy (non-hydrogen) atoms.